The SMILES string of the molecule is C[C@H](N)[C@H](Nc1nc(Nc2cncc(-n3cc(Cl)cn3)c2)c(C(N)=O)cc1F)C1CC1. The van der Waals surface area contributed by atoms with Crippen LogP contribution in [-0.2, 0) is 0 Å². The Morgan fingerprint density at radius 3 is 2.68 bits per heavy atom. The van der Waals surface area contributed by atoms with Gasteiger partial charge >= 0.3 is 0 Å². The van der Waals surface area contributed by atoms with Crippen LogP contribution < -0.4 is 22.1 Å². The van der Waals surface area contributed by atoms with Crippen LogP contribution >= 0.6 is 11.6 Å². The topological polar surface area (TPSA) is 137 Å². The van der Waals surface area contributed by atoms with E-state index in [1.807, 2.05) is 6.92 Å². The highest BCUT2D eigenvalue weighted by Crippen LogP contribution is 2.36. The molecule has 3 aromatic heterocycles. The number of pyridine rings is 2. The fraction of sp³-hybridized carbons (Fsp3) is 0.300. The lowest BCUT2D eigenvalue weighted by Crippen LogP contribution is -2.40. The van der Waals surface area contributed by atoms with Gasteiger partial charge in [0.1, 0.15) is 5.82 Å². The highest BCUT2D eigenvalue weighted by molar-refractivity contribution is 6.30. The van der Waals surface area contributed by atoms with Crippen LogP contribution in [0.25, 0.3) is 5.69 Å². The molecule has 11 heteroatoms. The van der Waals surface area contributed by atoms with Crippen LogP contribution in [0, 0.1) is 11.7 Å². The van der Waals surface area contributed by atoms with Crippen molar-refractivity contribution in [3.8, 4) is 5.69 Å². The Balaban J connectivity index is 1.66. The molecule has 162 valence electrons. The van der Waals surface area contributed by atoms with Gasteiger partial charge in [-0.3, -0.25) is 9.78 Å². The molecule has 6 N–H and O–H groups in total. The normalized spacial score (nSPS) is 15.4. The van der Waals surface area contributed by atoms with Gasteiger partial charge in [0.05, 0.1) is 40.6 Å². The van der Waals surface area contributed by atoms with Gasteiger partial charge in [-0.25, -0.2) is 14.1 Å². The number of carbonyl (C=O) groups is 1. The van der Waals surface area contributed by atoms with Crippen LogP contribution in [0.2, 0.25) is 5.02 Å². The van der Waals surface area contributed by atoms with Crippen LogP contribution in [0.4, 0.5) is 21.7 Å². The first-order valence-corrected chi connectivity index (χ1v) is 10.1. The number of hydrogen-bond donors (Lipinski definition) is 4. The molecule has 0 bridgehead atoms. The third-order valence-corrected chi connectivity index (χ3v) is 5.24. The minimum absolute atomic E-state index is 0.00433. The minimum atomic E-state index is -0.811. The molecule has 3 heterocycles. The molecule has 1 aliphatic rings. The second-order valence-corrected chi connectivity index (χ2v) is 8.04. The minimum Gasteiger partial charge on any atom is -0.365 e. The summed E-state index contributed by atoms with van der Waals surface area (Å²) in [4.78, 5) is 20.4. The Hall–Kier alpha value is -3.24. The summed E-state index contributed by atoms with van der Waals surface area (Å²) in [5.41, 5.74) is 12.6. The fourth-order valence-corrected chi connectivity index (χ4v) is 3.50. The van der Waals surface area contributed by atoms with Crippen molar-refractivity contribution in [3.05, 3.63) is 53.3 Å². The fourth-order valence-electron chi connectivity index (χ4n) is 3.37. The van der Waals surface area contributed by atoms with Gasteiger partial charge < -0.3 is 22.1 Å². The van der Waals surface area contributed by atoms with Gasteiger partial charge in [0, 0.05) is 18.3 Å². The average molecular weight is 445 g/mol. The van der Waals surface area contributed by atoms with Crippen molar-refractivity contribution in [2.75, 3.05) is 10.6 Å². The number of nitrogens with two attached hydrogens (primary N) is 2. The molecule has 0 spiro atoms. The highest BCUT2D eigenvalue weighted by Gasteiger charge is 2.34. The van der Waals surface area contributed by atoms with E-state index in [9.17, 15) is 9.18 Å². The molecule has 2 atom stereocenters. The predicted molar refractivity (Wildman–Crippen MR) is 116 cm³/mol. The maximum Gasteiger partial charge on any atom is 0.252 e. The van der Waals surface area contributed by atoms with Gasteiger partial charge in [-0.1, -0.05) is 11.6 Å². The number of carbonyl (C=O) groups excluding carboxylic acids is 1. The summed E-state index contributed by atoms with van der Waals surface area (Å²) in [6, 6.07) is 2.48. The van der Waals surface area contributed by atoms with Gasteiger partial charge in [0.25, 0.3) is 5.91 Å². The van der Waals surface area contributed by atoms with Gasteiger partial charge in [-0.05, 0) is 37.8 Å². The molecular weight excluding hydrogens is 423 g/mol. The van der Waals surface area contributed by atoms with Crippen molar-refractivity contribution < 1.29 is 9.18 Å². The Morgan fingerprint density at radius 2 is 2.06 bits per heavy atom. The Labute approximate surface area is 183 Å². The van der Waals surface area contributed by atoms with Crippen LogP contribution in [0.1, 0.15) is 30.1 Å². The van der Waals surface area contributed by atoms with E-state index >= 15 is 0 Å². The summed E-state index contributed by atoms with van der Waals surface area (Å²) >= 11 is 5.93. The van der Waals surface area contributed by atoms with Crippen LogP contribution in [-0.4, -0.2) is 37.7 Å². The largest absolute Gasteiger partial charge is 0.365 e. The second kappa shape index (κ2) is 8.48. The predicted octanol–water partition coefficient (Wildman–Crippen LogP) is 2.83. The number of primary amides is 1. The molecule has 0 unspecified atom stereocenters. The van der Waals surface area contributed by atoms with Crippen LogP contribution in [0.3, 0.4) is 0 Å². The summed E-state index contributed by atoms with van der Waals surface area (Å²) in [6.07, 6.45) is 8.31. The van der Waals surface area contributed by atoms with Gasteiger partial charge in [-0.2, -0.15) is 5.10 Å². The third kappa shape index (κ3) is 4.75. The van der Waals surface area contributed by atoms with Crippen molar-refractivity contribution in [1.29, 1.82) is 0 Å². The number of aromatic nitrogens is 4. The molecule has 31 heavy (non-hydrogen) atoms. The lowest BCUT2D eigenvalue weighted by atomic mass is 10.1. The first kappa shape index (κ1) is 21.0. The molecule has 0 radical (unpaired) electrons. The zero-order valence-electron chi connectivity index (χ0n) is 16.7. The molecule has 3 aromatic rings. The number of hydrogen-bond acceptors (Lipinski definition) is 7. The van der Waals surface area contributed by atoms with Gasteiger partial charge in [0.15, 0.2) is 11.6 Å². The van der Waals surface area contributed by atoms with Crippen molar-refractivity contribution in [1.82, 2.24) is 19.7 Å². The first-order valence-electron chi connectivity index (χ1n) is 9.77. The number of nitrogens with zero attached hydrogens (tertiary/aromatic N) is 4. The summed E-state index contributed by atoms with van der Waals surface area (Å²) in [7, 11) is 0. The number of nitrogens with one attached hydrogen (secondary N) is 2. The van der Waals surface area contributed by atoms with Crippen molar-refractivity contribution in [3.63, 3.8) is 0 Å². The highest BCUT2D eigenvalue weighted by atomic mass is 35.5. The molecule has 9 nitrogen and oxygen atoms in total. The molecular formula is C20H22ClFN8O. The van der Waals surface area contributed by atoms with E-state index in [-0.39, 0.29) is 29.3 Å². The second-order valence-electron chi connectivity index (χ2n) is 7.61. The van der Waals surface area contributed by atoms with E-state index in [0.29, 0.717) is 22.3 Å². The van der Waals surface area contributed by atoms with Crippen LogP contribution in [0.5, 0.6) is 0 Å². The number of anilines is 3. The maximum absolute atomic E-state index is 14.7. The molecule has 1 fully saturated rings. The Bertz CT molecular complexity index is 1110. The first-order chi connectivity index (χ1) is 14.8. The van der Waals surface area contributed by atoms with E-state index in [1.54, 1.807) is 23.1 Å². The van der Waals surface area contributed by atoms with Crippen molar-refractivity contribution in [2.24, 2.45) is 17.4 Å². The summed E-state index contributed by atoms with van der Waals surface area (Å²) < 4.78 is 16.2. The van der Waals surface area contributed by atoms with E-state index in [2.05, 4.69) is 25.7 Å². The summed E-state index contributed by atoms with van der Waals surface area (Å²) in [6.45, 7) is 1.86. The van der Waals surface area contributed by atoms with Gasteiger partial charge in [0.2, 0.25) is 0 Å². The smallest absolute Gasteiger partial charge is 0.252 e. The monoisotopic (exact) mass is 444 g/mol. The Morgan fingerprint density at radius 1 is 1.29 bits per heavy atom. The summed E-state index contributed by atoms with van der Waals surface area (Å²) in [5, 5.41) is 10.7. The number of amides is 1. The molecule has 1 aliphatic carbocycles. The lowest BCUT2D eigenvalue weighted by Gasteiger charge is -2.23. The molecule has 0 aliphatic heterocycles. The van der Waals surface area contributed by atoms with E-state index in [0.717, 1.165) is 18.9 Å². The quantitative estimate of drug-likeness (QED) is 0.419. The summed E-state index contributed by atoms with van der Waals surface area (Å²) in [5.74, 6) is -1.01. The number of halogens is 2. The van der Waals surface area contributed by atoms with Crippen molar-refractivity contribution in [2.45, 2.75) is 31.8 Å². The zero-order valence-corrected chi connectivity index (χ0v) is 17.5. The molecule has 4 rings (SSSR count). The molecule has 1 saturated carbocycles. The zero-order chi connectivity index (χ0) is 22.1. The van der Waals surface area contributed by atoms with Crippen molar-refractivity contribution >= 4 is 34.8 Å². The van der Waals surface area contributed by atoms with Gasteiger partial charge in [-0.15, -0.1) is 0 Å². The average Bonchev–Trinajstić information content (AvgIpc) is 3.47. The Kier molecular flexibility index (Phi) is 5.75. The standard InChI is InChI=1S/C20H22ClFN8O/c1-10(23)17(11-2-3-11)28-20-16(22)5-15(18(24)31)19(29-20)27-13-4-14(8-25-7-13)30-9-12(21)6-26-30/h4-11,17H,2-3,23H2,1H3,(H2,24,31)(H2,27,28,29)/t10-,17-/m0/s1. The molecule has 0 aromatic carbocycles. The molecule has 0 saturated heterocycles. The number of rotatable bonds is 8. The van der Waals surface area contributed by atoms with E-state index in [1.165, 1.54) is 12.4 Å². The maximum atomic E-state index is 14.7. The lowest BCUT2D eigenvalue weighted by molar-refractivity contribution is 0.100. The molecule has 1 amide bonds. The van der Waals surface area contributed by atoms with Crippen LogP contribution in [0.15, 0.2) is 36.9 Å². The van der Waals surface area contributed by atoms with E-state index < -0.39 is 11.7 Å². The third-order valence-electron chi connectivity index (χ3n) is 5.04. The van der Waals surface area contributed by atoms with E-state index in [4.69, 9.17) is 23.1 Å².